The number of likely N-dealkylation sites (N-methyl/N-ethyl adjacent to an activating group) is 1. The predicted octanol–water partition coefficient (Wildman–Crippen LogP) is 1.21. The number of nitrogens with two attached hydrogens (primary N) is 1. The number of hydrogen-bond donors (Lipinski definition) is 2. The lowest BCUT2D eigenvalue weighted by Crippen LogP contribution is -2.42. The molecular weight excluding hydrogens is 214 g/mol. The molecule has 0 bridgehead atoms. The van der Waals surface area contributed by atoms with E-state index in [1.54, 1.807) is 0 Å². The fraction of sp³-hybridized carbons (Fsp3) is 0.923. The zero-order valence-corrected chi connectivity index (χ0v) is 12.0. The molecule has 0 aromatic carbocycles. The van der Waals surface area contributed by atoms with E-state index in [0.717, 1.165) is 19.4 Å². The first-order valence-corrected chi connectivity index (χ1v) is 6.51. The highest BCUT2D eigenvalue weighted by atomic mass is 16.1. The summed E-state index contributed by atoms with van der Waals surface area (Å²) >= 11 is 0. The maximum atomic E-state index is 11.7. The second-order valence-corrected chi connectivity index (χ2v) is 5.67. The molecule has 2 atom stereocenters. The van der Waals surface area contributed by atoms with Crippen molar-refractivity contribution in [2.24, 2.45) is 11.7 Å². The van der Waals surface area contributed by atoms with Crippen LogP contribution in [0.15, 0.2) is 0 Å². The van der Waals surface area contributed by atoms with Crippen molar-refractivity contribution < 1.29 is 4.79 Å². The summed E-state index contributed by atoms with van der Waals surface area (Å²) < 4.78 is 0. The van der Waals surface area contributed by atoms with Gasteiger partial charge in [0.2, 0.25) is 5.91 Å². The van der Waals surface area contributed by atoms with Crippen molar-refractivity contribution in [3.63, 3.8) is 0 Å². The van der Waals surface area contributed by atoms with Crippen LogP contribution in [0.5, 0.6) is 0 Å². The standard InChI is InChI=1S/C13H29N3O/c1-10(2)8-12(9-16(4)5)15-13(17)7-6-11(3)14/h10-12H,6-9,14H2,1-5H3,(H,15,17). The van der Waals surface area contributed by atoms with Crippen LogP contribution in [0.2, 0.25) is 0 Å². The minimum absolute atomic E-state index is 0.0955. The van der Waals surface area contributed by atoms with E-state index in [0.29, 0.717) is 12.3 Å². The third-order valence-electron chi connectivity index (χ3n) is 2.53. The Morgan fingerprint density at radius 3 is 2.29 bits per heavy atom. The van der Waals surface area contributed by atoms with Crippen LogP contribution in [0.25, 0.3) is 0 Å². The summed E-state index contributed by atoms with van der Waals surface area (Å²) in [6.07, 6.45) is 2.30. The highest BCUT2D eigenvalue weighted by Crippen LogP contribution is 2.06. The summed E-state index contributed by atoms with van der Waals surface area (Å²) in [7, 11) is 4.06. The lowest BCUT2D eigenvalue weighted by molar-refractivity contribution is -0.122. The van der Waals surface area contributed by atoms with E-state index in [4.69, 9.17) is 5.73 Å². The Kier molecular flexibility index (Phi) is 8.17. The van der Waals surface area contributed by atoms with Crippen LogP contribution in [0.1, 0.15) is 40.0 Å². The smallest absolute Gasteiger partial charge is 0.220 e. The van der Waals surface area contributed by atoms with Crippen molar-refractivity contribution in [2.45, 2.75) is 52.1 Å². The first kappa shape index (κ1) is 16.4. The molecule has 0 heterocycles. The van der Waals surface area contributed by atoms with Gasteiger partial charge < -0.3 is 16.0 Å². The fourth-order valence-corrected chi connectivity index (χ4v) is 1.85. The molecule has 4 nitrogen and oxygen atoms in total. The van der Waals surface area contributed by atoms with E-state index in [9.17, 15) is 4.79 Å². The van der Waals surface area contributed by atoms with Crippen LogP contribution in [0, 0.1) is 5.92 Å². The van der Waals surface area contributed by atoms with E-state index in [2.05, 4.69) is 24.1 Å². The monoisotopic (exact) mass is 243 g/mol. The van der Waals surface area contributed by atoms with Crippen LogP contribution >= 0.6 is 0 Å². The SMILES string of the molecule is CC(C)CC(CN(C)C)NC(=O)CCC(C)N. The molecule has 17 heavy (non-hydrogen) atoms. The van der Waals surface area contributed by atoms with Crippen molar-refractivity contribution in [3.05, 3.63) is 0 Å². The zero-order chi connectivity index (χ0) is 13.4. The molecule has 0 saturated heterocycles. The molecule has 0 aliphatic heterocycles. The van der Waals surface area contributed by atoms with Gasteiger partial charge in [-0.05, 0) is 39.8 Å². The van der Waals surface area contributed by atoms with Crippen molar-refractivity contribution >= 4 is 5.91 Å². The molecule has 1 amide bonds. The van der Waals surface area contributed by atoms with Crippen LogP contribution in [0.3, 0.4) is 0 Å². The Labute approximate surface area is 106 Å². The maximum Gasteiger partial charge on any atom is 0.220 e. The van der Waals surface area contributed by atoms with Crippen LogP contribution in [0.4, 0.5) is 0 Å². The van der Waals surface area contributed by atoms with Crippen molar-refractivity contribution in [2.75, 3.05) is 20.6 Å². The number of hydrogen-bond acceptors (Lipinski definition) is 3. The second-order valence-electron chi connectivity index (χ2n) is 5.67. The van der Waals surface area contributed by atoms with Gasteiger partial charge in [0.25, 0.3) is 0 Å². The van der Waals surface area contributed by atoms with E-state index in [1.807, 2.05) is 21.0 Å². The molecule has 0 saturated carbocycles. The molecule has 0 aliphatic rings. The van der Waals surface area contributed by atoms with Crippen molar-refractivity contribution in [1.29, 1.82) is 0 Å². The minimum atomic E-state index is 0.0955. The summed E-state index contributed by atoms with van der Waals surface area (Å²) in [5.74, 6) is 0.712. The molecular formula is C13H29N3O. The number of amides is 1. The van der Waals surface area contributed by atoms with Crippen LogP contribution < -0.4 is 11.1 Å². The highest BCUT2D eigenvalue weighted by Gasteiger charge is 2.14. The van der Waals surface area contributed by atoms with Gasteiger partial charge in [0.1, 0.15) is 0 Å². The average Bonchev–Trinajstić information content (AvgIpc) is 2.12. The van der Waals surface area contributed by atoms with Gasteiger partial charge in [-0.1, -0.05) is 13.8 Å². The van der Waals surface area contributed by atoms with Crippen LogP contribution in [-0.2, 0) is 4.79 Å². The van der Waals surface area contributed by atoms with Gasteiger partial charge in [-0.25, -0.2) is 0 Å². The molecule has 0 aromatic heterocycles. The Hall–Kier alpha value is -0.610. The third-order valence-corrected chi connectivity index (χ3v) is 2.53. The summed E-state index contributed by atoms with van der Waals surface area (Å²) in [6, 6.07) is 0.337. The van der Waals surface area contributed by atoms with E-state index in [1.165, 1.54) is 0 Å². The van der Waals surface area contributed by atoms with Gasteiger partial charge in [0.15, 0.2) is 0 Å². The maximum absolute atomic E-state index is 11.7. The molecule has 3 N–H and O–H groups in total. The second kappa shape index (κ2) is 8.48. The van der Waals surface area contributed by atoms with Gasteiger partial charge in [-0.3, -0.25) is 4.79 Å². The first-order valence-electron chi connectivity index (χ1n) is 6.51. The fourth-order valence-electron chi connectivity index (χ4n) is 1.85. The Bertz CT molecular complexity index is 205. The number of carbonyl (C=O) groups excluding carboxylic acids is 1. The Balaban J connectivity index is 4.08. The quantitative estimate of drug-likeness (QED) is 0.673. The lowest BCUT2D eigenvalue weighted by atomic mass is 10.0. The highest BCUT2D eigenvalue weighted by molar-refractivity contribution is 5.76. The minimum Gasteiger partial charge on any atom is -0.352 e. The van der Waals surface area contributed by atoms with Crippen LogP contribution in [-0.4, -0.2) is 43.5 Å². The molecule has 0 fully saturated rings. The molecule has 2 unspecified atom stereocenters. The van der Waals surface area contributed by atoms with E-state index in [-0.39, 0.29) is 18.0 Å². The molecule has 0 aliphatic carbocycles. The molecule has 102 valence electrons. The van der Waals surface area contributed by atoms with E-state index >= 15 is 0 Å². The van der Waals surface area contributed by atoms with Gasteiger partial charge in [-0.15, -0.1) is 0 Å². The first-order chi connectivity index (χ1) is 7.81. The lowest BCUT2D eigenvalue weighted by Gasteiger charge is -2.24. The summed E-state index contributed by atoms with van der Waals surface area (Å²) in [5.41, 5.74) is 5.64. The largest absolute Gasteiger partial charge is 0.352 e. The number of nitrogens with zero attached hydrogens (tertiary/aromatic N) is 1. The molecule has 0 radical (unpaired) electrons. The van der Waals surface area contributed by atoms with Gasteiger partial charge in [0, 0.05) is 25.0 Å². The summed E-state index contributed by atoms with van der Waals surface area (Å²) in [6.45, 7) is 7.17. The van der Waals surface area contributed by atoms with Crippen molar-refractivity contribution in [1.82, 2.24) is 10.2 Å². The topological polar surface area (TPSA) is 58.4 Å². The van der Waals surface area contributed by atoms with Gasteiger partial charge >= 0.3 is 0 Å². The van der Waals surface area contributed by atoms with Gasteiger partial charge in [-0.2, -0.15) is 0 Å². The summed E-state index contributed by atoms with van der Waals surface area (Å²) in [5, 5.41) is 3.10. The number of carbonyl (C=O) groups is 1. The van der Waals surface area contributed by atoms with Gasteiger partial charge in [0.05, 0.1) is 0 Å². The third kappa shape index (κ3) is 10.3. The van der Waals surface area contributed by atoms with E-state index < -0.39 is 0 Å². The average molecular weight is 243 g/mol. The van der Waals surface area contributed by atoms with Crippen molar-refractivity contribution in [3.8, 4) is 0 Å². The number of nitrogens with one attached hydrogen (secondary N) is 1. The zero-order valence-electron chi connectivity index (χ0n) is 12.0. The Morgan fingerprint density at radius 1 is 1.29 bits per heavy atom. The normalized spacial score (nSPS) is 15.1. The molecule has 0 aromatic rings. The molecule has 0 spiro atoms. The Morgan fingerprint density at radius 2 is 1.88 bits per heavy atom. The molecule has 0 rings (SSSR count). The predicted molar refractivity (Wildman–Crippen MR) is 72.8 cm³/mol. The number of rotatable bonds is 8. The summed E-state index contributed by atoms with van der Waals surface area (Å²) in [4.78, 5) is 13.8. The molecule has 4 heteroatoms.